The van der Waals surface area contributed by atoms with Gasteiger partial charge in [-0.1, -0.05) is 34.1 Å². The van der Waals surface area contributed by atoms with Crippen LogP contribution in [0.4, 0.5) is 0 Å². The van der Waals surface area contributed by atoms with E-state index >= 15 is 0 Å². The zero-order chi connectivity index (χ0) is 15.5. The molecule has 1 heterocycles. The number of rotatable bonds is 4. The minimum Gasteiger partial charge on any atom is -0.497 e. The van der Waals surface area contributed by atoms with Crippen LogP contribution in [0.1, 0.15) is 16.1 Å². The minimum absolute atomic E-state index is 0.171. The van der Waals surface area contributed by atoms with E-state index in [-0.39, 0.29) is 5.78 Å². The molecule has 110 valence electrons. The Morgan fingerprint density at radius 2 is 2.05 bits per heavy atom. The maximum Gasteiger partial charge on any atom is 0.221 e. The van der Waals surface area contributed by atoms with Gasteiger partial charge in [0.05, 0.1) is 7.11 Å². The quantitative estimate of drug-likeness (QED) is 0.482. The van der Waals surface area contributed by atoms with Gasteiger partial charge in [0.25, 0.3) is 0 Å². The molecule has 0 saturated heterocycles. The molecular weight excluding hydrogens is 344 g/mol. The summed E-state index contributed by atoms with van der Waals surface area (Å²) < 4.78 is 11.7. The average molecular weight is 357 g/mol. The van der Waals surface area contributed by atoms with Gasteiger partial charge in [-0.2, -0.15) is 0 Å². The van der Waals surface area contributed by atoms with Crippen LogP contribution in [0.2, 0.25) is 0 Å². The number of halogens is 1. The third-order valence-corrected chi connectivity index (χ3v) is 3.74. The van der Waals surface area contributed by atoms with Crippen molar-refractivity contribution >= 4 is 38.8 Å². The molecule has 0 N–H and O–H groups in total. The average Bonchev–Trinajstić information content (AvgIpc) is 2.96. The van der Waals surface area contributed by atoms with E-state index in [1.165, 1.54) is 6.08 Å². The summed E-state index contributed by atoms with van der Waals surface area (Å²) in [5, 5.41) is 0.896. The number of furan rings is 1. The molecule has 0 aliphatic rings. The van der Waals surface area contributed by atoms with E-state index in [0.29, 0.717) is 11.3 Å². The lowest BCUT2D eigenvalue weighted by molar-refractivity contribution is 0.102. The fourth-order valence-corrected chi connectivity index (χ4v) is 2.51. The van der Waals surface area contributed by atoms with E-state index in [1.54, 1.807) is 19.3 Å². The molecule has 0 fully saturated rings. The third-order valence-electron chi connectivity index (χ3n) is 3.24. The Kier molecular flexibility index (Phi) is 4.11. The van der Waals surface area contributed by atoms with Gasteiger partial charge in [-0.3, -0.25) is 4.79 Å². The first kappa shape index (κ1) is 14.6. The Labute approximate surface area is 136 Å². The number of methoxy groups -OCH3 is 1. The van der Waals surface area contributed by atoms with Crippen molar-refractivity contribution in [2.45, 2.75) is 0 Å². The first-order valence-corrected chi connectivity index (χ1v) is 7.50. The highest BCUT2D eigenvalue weighted by Crippen LogP contribution is 2.24. The second-order valence-corrected chi connectivity index (χ2v) is 5.68. The molecule has 4 heteroatoms. The van der Waals surface area contributed by atoms with Crippen molar-refractivity contribution in [3.05, 3.63) is 70.4 Å². The zero-order valence-electron chi connectivity index (χ0n) is 11.9. The third kappa shape index (κ3) is 3.12. The fourth-order valence-electron chi connectivity index (χ4n) is 2.13. The number of ketones is 1. The lowest BCUT2D eigenvalue weighted by atomic mass is 10.1. The summed E-state index contributed by atoms with van der Waals surface area (Å²) in [6, 6.07) is 14.9. The normalized spacial score (nSPS) is 11.2. The molecule has 3 aromatic rings. The fraction of sp³-hybridized carbons (Fsp3) is 0.0556. The predicted molar refractivity (Wildman–Crippen MR) is 90.3 cm³/mol. The second-order valence-electron chi connectivity index (χ2n) is 4.77. The van der Waals surface area contributed by atoms with Gasteiger partial charge in [0.1, 0.15) is 11.3 Å². The topological polar surface area (TPSA) is 39.4 Å². The molecule has 0 aliphatic heterocycles. The molecule has 0 radical (unpaired) electrons. The minimum atomic E-state index is -0.171. The summed E-state index contributed by atoms with van der Waals surface area (Å²) in [6.07, 6.45) is 3.25. The highest BCUT2D eigenvalue weighted by molar-refractivity contribution is 9.10. The second kappa shape index (κ2) is 6.20. The number of carbonyl (C=O) groups excluding carboxylic acids is 1. The maximum absolute atomic E-state index is 12.2. The van der Waals surface area contributed by atoms with Crippen LogP contribution in [-0.4, -0.2) is 12.9 Å². The zero-order valence-corrected chi connectivity index (χ0v) is 13.5. The van der Waals surface area contributed by atoms with Gasteiger partial charge in [0.2, 0.25) is 5.78 Å². The Morgan fingerprint density at radius 3 is 2.86 bits per heavy atom. The molecule has 0 saturated carbocycles. The van der Waals surface area contributed by atoms with Crippen LogP contribution >= 0.6 is 15.9 Å². The highest BCUT2D eigenvalue weighted by Gasteiger charge is 2.09. The van der Waals surface area contributed by atoms with E-state index in [4.69, 9.17) is 9.15 Å². The number of ether oxygens (including phenoxy) is 1. The molecule has 2 aromatic carbocycles. The summed E-state index contributed by atoms with van der Waals surface area (Å²) in [6.45, 7) is 0. The number of benzene rings is 2. The highest BCUT2D eigenvalue weighted by atomic mass is 79.9. The molecule has 0 amide bonds. The van der Waals surface area contributed by atoms with Crippen LogP contribution < -0.4 is 4.74 Å². The van der Waals surface area contributed by atoms with Crippen LogP contribution in [0.25, 0.3) is 17.0 Å². The Bertz CT molecular complexity index is 862. The molecule has 0 unspecified atom stereocenters. The van der Waals surface area contributed by atoms with Gasteiger partial charge in [0, 0.05) is 9.86 Å². The van der Waals surface area contributed by atoms with E-state index < -0.39 is 0 Å². The van der Waals surface area contributed by atoms with Gasteiger partial charge in [-0.15, -0.1) is 0 Å². The number of allylic oxidation sites excluding steroid dienone is 1. The van der Waals surface area contributed by atoms with Crippen molar-refractivity contribution < 1.29 is 13.9 Å². The summed E-state index contributed by atoms with van der Waals surface area (Å²) in [5.41, 5.74) is 1.59. The van der Waals surface area contributed by atoms with Crippen molar-refractivity contribution in [2.24, 2.45) is 0 Å². The van der Waals surface area contributed by atoms with Gasteiger partial charge in [-0.05, 0) is 48.0 Å². The summed E-state index contributed by atoms with van der Waals surface area (Å²) in [7, 11) is 1.61. The molecule has 0 spiro atoms. The van der Waals surface area contributed by atoms with E-state index in [0.717, 1.165) is 21.2 Å². The molecule has 22 heavy (non-hydrogen) atoms. The van der Waals surface area contributed by atoms with Crippen molar-refractivity contribution in [3.8, 4) is 5.75 Å². The van der Waals surface area contributed by atoms with Crippen molar-refractivity contribution in [2.75, 3.05) is 7.11 Å². The SMILES string of the molecule is COc1cccc(/C=C/C(=O)c2cc3cc(Br)ccc3o2)c1. The van der Waals surface area contributed by atoms with Crippen LogP contribution in [0, 0.1) is 0 Å². The Morgan fingerprint density at radius 1 is 1.18 bits per heavy atom. The van der Waals surface area contributed by atoms with Crippen LogP contribution in [0.15, 0.2) is 63.5 Å². The Balaban J connectivity index is 1.84. The molecule has 0 bridgehead atoms. The standard InChI is InChI=1S/C18H13BrO3/c1-21-15-4-2-3-12(9-15)5-7-16(20)18-11-13-10-14(19)6-8-17(13)22-18/h2-11H,1H3/b7-5+. The first-order chi connectivity index (χ1) is 10.7. The van der Waals surface area contributed by atoms with Crippen LogP contribution in [-0.2, 0) is 0 Å². The largest absolute Gasteiger partial charge is 0.497 e. The van der Waals surface area contributed by atoms with Crippen LogP contribution in [0.5, 0.6) is 5.75 Å². The van der Waals surface area contributed by atoms with Crippen molar-refractivity contribution in [1.29, 1.82) is 0 Å². The van der Waals surface area contributed by atoms with Gasteiger partial charge in [0.15, 0.2) is 5.76 Å². The smallest absolute Gasteiger partial charge is 0.221 e. The van der Waals surface area contributed by atoms with Crippen LogP contribution in [0.3, 0.4) is 0 Å². The summed E-state index contributed by atoms with van der Waals surface area (Å²) >= 11 is 3.40. The molecular formula is C18H13BrO3. The summed E-state index contributed by atoms with van der Waals surface area (Å²) in [4.78, 5) is 12.2. The number of hydrogen-bond donors (Lipinski definition) is 0. The predicted octanol–water partition coefficient (Wildman–Crippen LogP) is 5.10. The van der Waals surface area contributed by atoms with Crippen molar-refractivity contribution in [3.63, 3.8) is 0 Å². The Hall–Kier alpha value is -2.33. The monoisotopic (exact) mass is 356 g/mol. The maximum atomic E-state index is 12.2. The first-order valence-electron chi connectivity index (χ1n) is 6.71. The number of hydrogen-bond acceptors (Lipinski definition) is 3. The van der Waals surface area contributed by atoms with E-state index in [2.05, 4.69) is 15.9 Å². The lowest BCUT2D eigenvalue weighted by Gasteiger charge is -1.99. The molecule has 0 atom stereocenters. The molecule has 3 rings (SSSR count). The molecule has 0 aliphatic carbocycles. The number of fused-ring (bicyclic) bond motifs is 1. The summed E-state index contributed by atoms with van der Waals surface area (Å²) in [5.74, 6) is 0.908. The lowest BCUT2D eigenvalue weighted by Crippen LogP contribution is -1.90. The molecule has 3 nitrogen and oxygen atoms in total. The van der Waals surface area contributed by atoms with E-state index in [9.17, 15) is 4.79 Å². The van der Waals surface area contributed by atoms with E-state index in [1.807, 2.05) is 42.5 Å². The molecule has 1 aromatic heterocycles. The number of carbonyl (C=O) groups is 1. The van der Waals surface area contributed by atoms with Crippen molar-refractivity contribution in [1.82, 2.24) is 0 Å². The van der Waals surface area contributed by atoms with Gasteiger partial charge < -0.3 is 9.15 Å². The van der Waals surface area contributed by atoms with Gasteiger partial charge in [-0.25, -0.2) is 0 Å². The van der Waals surface area contributed by atoms with Gasteiger partial charge >= 0.3 is 0 Å².